The quantitative estimate of drug-likeness (QED) is 0.110. The molecule has 0 bridgehead atoms. The molecule has 1 aromatic heterocycles. The van der Waals surface area contributed by atoms with E-state index in [1.807, 2.05) is 19.1 Å². The Morgan fingerprint density at radius 2 is 1.30 bits per heavy atom. The molecule has 2 heterocycles. The number of rotatable bonds is 8. The Kier molecular flexibility index (Phi) is 11.3. The highest BCUT2D eigenvalue weighted by molar-refractivity contribution is 6.03. The van der Waals surface area contributed by atoms with Crippen LogP contribution in [0.15, 0.2) is 70.4 Å². The highest BCUT2D eigenvalue weighted by atomic mass is 19.4. The Morgan fingerprint density at radius 1 is 0.754 bits per heavy atom. The smallest absolute Gasteiger partial charge is 0.421 e. The minimum absolute atomic E-state index is 0.0363. The van der Waals surface area contributed by atoms with Crippen molar-refractivity contribution < 1.29 is 44.9 Å². The van der Waals surface area contributed by atoms with Gasteiger partial charge in [-0.1, -0.05) is 56.2 Å². The lowest BCUT2D eigenvalue weighted by Crippen LogP contribution is -2.26. The lowest BCUT2D eigenvalue weighted by atomic mass is 9.80. The van der Waals surface area contributed by atoms with Crippen molar-refractivity contribution in [2.45, 2.75) is 97.1 Å². The molecule has 0 saturated heterocycles. The monoisotopic (exact) mass is 791 g/mol. The average molecular weight is 792 g/mol. The summed E-state index contributed by atoms with van der Waals surface area (Å²) in [6.07, 6.45) is 1.62. The van der Waals surface area contributed by atoms with Crippen LogP contribution in [-0.4, -0.2) is 17.1 Å². The van der Waals surface area contributed by atoms with Gasteiger partial charge in [0.2, 0.25) is 11.8 Å². The Morgan fingerprint density at radius 3 is 1.82 bits per heavy atom. The first-order valence-corrected chi connectivity index (χ1v) is 19.0. The molecule has 13 heteroatoms. The van der Waals surface area contributed by atoms with Gasteiger partial charge in [0.1, 0.15) is 28.7 Å². The summed E-state index contributed by atoms with van der Waals surface area (Å²) in [7, 11) is 0. The Labute approximate surface area is 325 Å². The second kappa shape index (κ2) is 16.2. The summed E-state index contributed by atoms with van der Waals surface area (Å²) in [5, 5.41) is 0. The topological polar surface area (TPSA) is 60.2 Å². The Bertz CT molecular complexity index is 2320. The van der Waals surface area contributed by atoms with Crippen LogP contribution in [0, 0.1) is 56.5 Å². The van der Waals surface area contributed by atoms with Crippen molar-refractivity contribution in [1.29, 1.82) is 0 Å². The van der Waals surface area contributed by atoms with E-state index in [0.29, 0.717) is 73.1 Å². The number of benzene rings is 3. The molecule has 0 atom stereocenters. The molecule has 4 aromatic rings. The van der Waals surface area contributed by atoms with Crippen molar-refractivity contribution in [1.82, 2.24) is 4.98 Å². The van der Waals surface area contributed by atoms with E-state index in [4.69, 9.17) is 20.8 Å². The fraction of sp³-hybridized carbons (Fsp3) is 0.364. The molecule has 0 radical (unpaired) electrons. The van der Waals surface area contributed by atoms with Gasteiger partial charge in [-0.2, -0.15) is 13.2 Å². The summed E-state index contributed by atoms with van der Waals surface area (Å²) in [5.41, 5.74) is 1.05. The molecule has 3 aromatic carbocycles. The van der Waals surface area contributed by atoms with E-state index in [9.17, 15) is 8.78 Å². The molecule has 57 heavy (non-hydrogen) atoms. The molecule has 7 rings (SSSR count). The van der Waals surface area contributed by atoms with Gasteiger partial charge in [-0.25, -0.2) is 27.4 Å². The summed E-state index contributed by atoms with van der Waals surface area (Å²) < 4.78 is 123. The van der Waals surface area contributed by atoms with Gasteiger partial charge in [-0.05, 0) is 99.2 Å². The number of aliphatic imine (C=N–C) groups is 1. The van der Waals surface area contributed by atoms with Gasteiger partial charge in [0.05, 0.1) is 12.3 Å². The number of ether oxygens (including phenoxy) is 3. The highest BCUT2D eigenvalue weighted by Gasteiger charge is 2.49. The van der Waals surface area contributed by atoms with Crippen LogP contribution in [0.25, 0.3) is 10.6 Å². The van der Waals surface area contributed by atoms with Gasteiger partial charge >= 0.3 is 6.18 Å². The first-order chi connectivity index (χ1) is 27.2. The second-order valence-corrected chi connectivity index (χ2v) is 14.9. The average Bonchev–Trinajstić information content (AvgIpc) is 3.73. The molecule has 2 saturated carbocycles. The van der Waals surface area contributed by atoms with Gasteiger partial charge in [0.25, 0.3) is 5.69 Å². The molecule has 0 unspecified atom stereocenters. The van der Waals surface area contributed by atoms with E-state index >= 15 is 22.0 Å². The number of aromatic nitrogens is 1. The number of halogens is 7. The molecule has 298 valence electrons. The third-order valence-corrected chi connectivity index (χ3v) is 10.8. The SMILES string of the molecule is [C-]#[N+]c1c(Oc2ccc(F)cc2F)[nH]c(/C(Oc2c(C)cc(C)cc2C)=C2\N=C(Oc3ccc(F)cc3F)C(C(F)(F)F)=C2C2CCCCC2)c1C1CCCCC1. The number of aryl methyl sites for hydroxylation is 3. The number of hydrogen-bond donors (Lipinski definition) is 1. The number of nitrogens with one attached hydrogen (secondary N) is 1. The minimum atomic E-state index is -5.05. The Hall–Kier alpha value is -5.51. The summed E-state index contributed by atoms with van der Waals surface area (Å²) in [6.45, 7) is 13.8. The van der Waals surface area contributed by atoms with Crippen molar-refractivity contribution in [3.63, 3.8) is 0 Å². The van der Waals surface area contributed by atoms with Crippen molar-refractivity contribution in [3.05, 3.63) is 128 Å². The van der Waals surface area contributed by atoms with Crippen molar-refractivity contribution >= 4 is 17.3 Å². The van der Waals surface area contributed by atoms with E-state index in [-0.39, 0.29) is 46.0 Å². The van der Waals surface area contributed by atoms with Gasteiger partial charge in [0.15, 0.2) is 28.9 Å². The maximum Gasteiger partial charge on any atom is 0.421 e. The molecule has 3 aliphatic rings. The highest BCUT2D eigenvalue weighted by Crippen LogP contribution is 2.52. The molecule has 1 aliphatic heterocycles. The predicted octanol–water partition coefficient (Wildman–Crippen LogP) is 13.6. The first-order valence-electron chi connectivity index (χ1n) is 19.0. The van der Waals surface area contributed by atoms with Crippen molar-refractivity contribution in [3.8, 4) is 23.1 Å². The van der Waals surface area contributed by atoms with E-state index < -0.39 is 52.6 Å². The number of nitrogens with zero attached hydrogens (tertiary/aromatic N) is 2. The molecule has 0 spiro atoms. The van der Waals surface area contributed by atoms with Crippen LogP contribution in [0.5, 0.6) is 23.1 Å². The maximum atomic E-state index is 15.6. The van der Waals surface area contributed by atoms with Gasteiger partial charge in [0, 0.05) is 17.7 Å². The van der Waals surface area contributed by atoms with Crippen LogP contribution in [0.2, 0.25) is 0 Å². The number of aromatic amines is 1. The lowest BCUT2D eigenvalue weighted by Gasteiger charge is -2.27. The zero-order valence-electron chi connectivity index (χ0n) is 31.6. The molecular weight excluding hydrogens is 751 g/mol. The first kappa shape index (κ1) is 39.7. The largest absolute Gasteiger partial charge is 0.452 e. The lowest BCUT2D eigenvalue weighted by molar-refractivity contribution is -0.0879. The molecular formula is C44H40F7N3O3. The third-order valence-electron chi connectivity index (χ3n) is 10.8. The molecule has 0 amide bonds. The standard InChI is InChI=1S/C44H40F7N3O3/c1-23-19-24(2)40(25(3)20-23)57-41(38-35(27-13-9-6-10-14-27)39(52-4)43(54-38)56-33-18-16-29(46)22-31(33)48)37-34(26-11-7-5-8-12-26)36(44(49,50)51)42(53-37)55-32-17-15-28(45)21-30(32)47/h15-22,26-27,54H,5-14H2,1-3H3/b41-37+. The Balaban J connectivity index is 1.56. The van der Waals surface area contributed by atoms with E-state index in [1.165, 1.54) is 0 Å². The van der Waals surface area contributed by atoms with Gasteiger partial charge in [-0.3, -0.25) is 0 Å². The normalized spacial score (nSPS) is 17.7. The van der Waals surface area contributed by atoms with E-state index in [0.717, 1.165) is 55.5 Å². The predicted molar refractivity (Wildman–Crippen MR) is 202 cm³/mol. The van der Waals surface area contributed by atoms with Crippen LogP contribution in [-0.2, 0) is 0 Å². The van der Waals surface area contributed by atoms with Gasteiger partial charge in [-0.15, -0.1) is 0 Å². The maximum absolute atomic E-state index is 15.6. The molecule has 2 aliphatic carbocycles. The van der Waals surface area contributed by atoms with Crippen LogP contribution in [0.3, 0.4) is 0 Å². The van der Waals surface area contributed by atoms with Crippen LogP contribution < -0.4 is 14.2 Å². The summed E-state index contributed by atoms with van der Waals surface area (Å²) in [5.74, 6) is -7.05. The van der Waals surface area contributed by atoms with Gasteiger partial charge < -0.3 is 19.2 Å². The van der Waals surface area contributed by atoms with Crippen molar-refractivity contribution in [2.24, 2.45) is 10.9 Å². The number of allylic oxidation sites excluding steroid dienone is 1. The van der Waals surface area contributed by atoms with Crippen LogP contribution in [0.1, 0.15) is 98.1 Å². The summed E-state index contributed by atoms with van der Waals surface area (Å²) in [4.78, 5) is 11.4. The summed E-state index contributed by atoms with van der Waals surface area (Å²) >= 11 is 0. The van der Waals surface area contributed by atoms with E-state index in [2.05, 4.69) is 14.8 Å². The van der Waals surface area contributed by atoms with Crippen LogP contribution >= 0.6 is 0 Å². The fourth-order valence-electron chi connectivity index (χ4n) is 8.37. The molecule has 1 N–H and O–H groups in total. The zero-order valence-corrected chi connectivity index (χ0v) is 31.6. The third kappa shape index (κ3) is 8.18. The number of alkyl halides is 3. The minimum Gasteiger partial charge on any atom is -0.452 e. The van der Waals surface area contributed by atoms with E-state index in [1.54, 1.807) is 13.8 Å². The molecule has 2 fully saturated rings. The van der Waals surface area contributed by atoms with Crippen LogP contribution in [0.4, 0.5) is 36.4 Å². The number of H-pyrrole nitrogens is 1. The zero-order chi connectivity index (χ0) is 40.6. The fourth-order valence-corrected chi connectivity index (χ4v) is 8.37. The summed E-state index contributed by atoms with van der Waals surface area (Å²) in [6, 6.07) is 8.70. The van der Waals surface area contributed by atoms with Crippen molar-refractivity contribution in [2.75, 3.05) is 0 Å². The number of hydrogen-bond acceptors (Lipinski definition) is 4. The second-order valence-electron chi connectivity index (χ2n) is 14.9. The molecule has 6 nitrogen and oxygen atoms in total.